The number of amides is 1. The maximum Gasteiger partial charge on any atom is 0.318 e. The van der Waals surface area contributed by atoms with Gasteiger partial charge < -0.3 is 24.3 Å². The van der Waals surface area contributed by atoms with Gasteiger partial charge in [0, 0.05) is 48.9 Å². The number of rotatable bonds is 7. The summed E-state index contributed by atoms with van der Waals surface area (Å²) < 4.78 is 6.27. The Morgan fingerprint density at radius 2 is 2.10 bits per heavy atom. The quantitative estimate of drug-likeness (QED) is 0.439. The average molecular weight is 556 g/mol. The summed E-state index contributed by atoms with van der Waals surface area (Å²) in [5, 5.41) is 18.0. The van der Waals surface area contributed by atoms with E-state index in [1.54, 1.807) is 4.90 Å². The molecule has 3 aromatic rings. The topological polar surface area (TPSA) is 118 Å². The van der Waals surface area contributed by atoms with Crippen LogP contribution in [0.25, 0.3) is 10.9 Å². The number of nitriles is 1. The third-order valence-electron chi connectivity index (χ3n) is 8.69. The Kier molecular flexibility index (Phi) is 7.49. The summed E-state index contributed by atoms with van der Waals surface area (Å²) in [6.07, 6.45) is 6.52. The highest BCUT2D eigenvalue weighted by Gasteiger charge is 2.33. The van der Waals surface area contributed by atoms with Crippen molar-refractivity contribution in [2.45, 2.75) is 51.2 Å². The zero-order valence-corrected chi connectivity index (χ0v) is 23.8. The summed E-state index contributed by atoms with van der Waals surface area (Å²) in [6.45, 7) is 10.5. The molecular formula is C30H37N9O2. The number of benzene rings is 1. The van der Waals surface area contributed by atoms with Crippen LogP contribution in [0.2, 0.25) is 0 Å². The summed E-state index contributed by atoms with van der Waals surface area (Å²) >= 11 is 0. The third kappa shape index (κ3) is 5.32. The lowest BCUT2D eigenvalue weighted by atomic mass is 10.0. The van der Waals surface area contributed by atoms with Gasteiger partial charge in [0.15, 0.2) is 0 Å². The Balaban J connectivity index is 1.33. The fraction of sp³-hybridized carbons (Fsp3) is 0.500. The van der Waals surface area contributed by atoms with Crippen molar-refractivity contribution < 1.29 is 9.53 Å². The van der Waals surface area contributed by atoms with Gasteiger partial charge in [-0.1, -0.05) is 6.58 Å². The Labute approximate surface area is 240 Å². The van der Waals surface area contributed by atoms with Gasteiger partial charge in [-0.15, -0.1) is 0 Å². The fourth-order valence-electron chi connectivity index (χ4n) is 6.45. The second kappa shape index (κ2) is 11.4. The predicted molar refractivity (Wildman–Crippen MR) is 157 cm³/mol. The number of aryl methyl sites for hydroxylation is 1. The first-order chi connectivity index (χ1) is 19.9. The minimum absolute atomic E-state index is 0.140. The molecule has 2 fully saturated rings. The minimum atomic E-state index is -0.233. The van der Waals surface area contributed by atoms with E-state index in [-0.39, 0.29) is 18.4 Å². The zero-order valence-electron chi connectivity index (χ0n) is 23.8. The van der Waals surface area contributed by atoms with Gasteiger partial charge in [-0.05, 0) is 63.6 Å². The van der Waals surface area contributed by atoms with Crippen LogP contribution in [0, 0.1) is 18.3 Å². The molecule has 0 radical (unpaired) electrons. The number of aromatic amines is 1. The van der Waals surface area contributed by atoms with Crippen LogP contribution in [0.4, 0.5) is 11.5 Å². The molecule has 0 bridgehead atoms. The number of carbonyl (C=O) groups excluding carboxylic acids is 1. The van der Waals surface area contributed by atoms with E-state index in [4.69, 9.17) is 14.7 Å². The molecular weight excluding hydrogens is 518 g/mol. The second-order valence-electron chi connectivity index (χ2n) is 11.3. The molecule has 2 atom stereocenters. The molecule has 3 aliphatic rings. The number of nitrogens with one attached hydrogen (secondary N) is 1. The van der Waals surface area contributed by atoms with Crippen LogP contribution in [0.1, 0.15) is 36.1 Å². The number of aromatic nitrogens is 4. The van der Waals surface area contributed by atoms with Crippen LogP contribution >= 0.6 is 0 Å². The molecule has 11 nitrogen and oxygen atoms in total. The molecule has 6 rings (SSSR count). The number of piperazine rings is 1. The number of fused-ring (bicyclic) bond motifs is 2. The smallest absolute Gasteiger partial charge is 0.318 e. The van der Waals surface area contributed by atoms with E-state index in [2.05, 4.69) is 63.6 Å². The number of likely N-dealkylation sites (N-methyl/N-ethyl adjacent to an activating group) is 1. The molecule has 5 heterocycles. The number of likely N-dealkylation sites (tertiary alicyclic amines) is 1. The van der Waals surface area contributed by atoms with Gasteiger partial charge >= 0.3 is 6.01 Å². The Hall–Kier alpha value is -4.17. The number of ether oxygens (including phenoxy) is 1. The molecule has 1 aromatic carbocycles. The predicted octanol–water partition coefficient (Wildman–Crippen LogP) is 2.81. The van der Waals surface area contributed by atoms with Crippen molar-refractivity contribution in [3.05, 3.63) is 47.8 Å². The lowest BCUT2D eigenvalue weighted by Crippen LogP contribution is -2.55. The van der Waals surface area contributed by atoms with Gasteiger partial charge in [-0.2, -0.15) is 20.3 Å². The van der Waals surface area contributed by atoms with E-state index in [0.717, 1.165) is 59.6 Å². The number of nitrogens with zero attached hydrogens (tertiary/aromatic N) is 8. The van der Waals surface area contributed by atoms with E-state index >= 15 is 0 Å². The van der Waals surface area contributed by atoms with Crippen molar-refractivity contribution in [1.29, 1.82) is 5.26 Å². The number of anilines is 2. The molecule has 1 N–H and O–H groups in total. The molecule has 2 aromatic heterocycles. The monoisotopic (exact) mass is 555 g/mol. The minimum Gasteiger partial charge on any atom is -0.462 e. The van der Waals surface area contributed by atoms with Crippen LogP contribution in [-0.2, 0) is 17.8 Å². The van der Waals surface area contributed by atoms with Crippen LogP contribution < -0.4 is 14.5 Å². The molecule has 214 valence electrons. The molecule has 41 heavy (non-hydrogen) atoms. The molecule has 0 saturated carbocycles. The lowest BCUT2D eigenvalue weighted by Gasteiger charge is -2.42. The summed E-state index contributed by atoms with van der Waals surface area (Å²) in [7, 11) is 2.13. The van der Waals surface area contributed by atoms with Crippen LogP contribution in [0.15, 0.2) is 31.0 Å². The first-order valence-electron chi connectivity index (χ1n) is 14.4. The average Bonchev–Trinajstić information content (AvgIpc) is 3.63. The van der Waals surface area contributed by atoms with E-state index in [1.807, 2.05) is 6.20 Å². The standard InChI is InChI=1S/C30H37N9O2/c1-4-28(40)39-13-12-38(17-21(39)7-9-31)29-23-8-11-37(27-15-20(2)14-25-24(27)16-32-35-25)18-26(23)33-30(34-29)41-19-22-6-5-10-36(22)3/h4,14-16,21-22H,1,5-8,10-13,17-19H2,2-3H3,(H,32,35)/t21-,22-/m0/s1. The van der Waals surface area contributed by atoms with E-state index < -0.39 is 0 Å². The second-order valence-corrected chi connectivity index (χ2v) is 11.3. The maximum absolute atomic E-state index is 12.5. The first kappa shape index (κ1) is 27.0. The zero-order chi connectivity index (χ0) is 28.5. The van der Waals surface area contributed by atoms with Gasteiger partial charge in [0.05, 0.1) is 42.5 Å². The lowest BCUT2D eigenvalue weighted by molar-refractivity contribution is -0.128. The van der Waals surface area contributed by atoms with Crippen molar-refractivity contribution >= 4 is 28.3 Å². The van der Waals surface area contributed by atoms with Crippen molar-refractivity contribution in [3.8, 4) is 12.1 Å². The summed E-state index contributed by atoms with van der Waals surface area (Å²) in [4.78, 5) is 31.1. The highest BCUT2D eigenvalue weighted by Crippen LogP contribution is 2.35. The molecule has 0 spiro atoms. The molecule has 11 heteroatoms. The van der Waals surface area contributed by atoms with Crippen molar-refractivity contribution in [1.82, 2.24) is 30.0 Å². The van der Waals surface area contributed by atoms with Gasteiger partial charge in [-0.25, -0.2) is 0 Å². The van der Waals surface area contributed by atoms with Crippen LogP contribution in [0.3, 0.4) is 0 Å². The Bertz CT molecular complexity index is 1500. The SMILES string of the molecule is C=CC(=O)N1CCN(c2nc(OC[C@@H]3CCCN3C)nc3c2CCN(c2cc(C)cc4[nH]ncc24)C3)C[C@@H]1CC#N. The molecule has 0 unspecified atom stereocenters. The maximum atomic E-state index is 12.5. The Morgan fingerprint density at radius 3 is 2.88 bits per heavy atom. The van der Waals surface area contributed by atoms with E-state index in [0.29, 0.717) is 44.8 Å². The van der Waals surface area contributed by atoms with Crippen LogP contribution in [-0.4, -0.2) is 94.3 Å². The van der Waals surface area contributed by atoms with Crippen molar-refractivity contribution in [3.63, 3.8) is 0 Å². The molecule has 1 amide bonds. The van der Waals surface area contributed by atoms with E-state index in [9.17, 15) is 10.1 Å². The summed E-state index contributed by atoms with van der Waals surface area (Å²) in [5.74, 6) is 0.717. The number of carbonyl (C=O) groups is 1. The number of H-pyrrole nitrogens is 1. The highest BCUT2D eigenvalue weighted by atomic mass is 16.5. The van der Waals surface area contributed by atoms with Gasteiger partial charge in [0.25, 0.3) is 0 Å². The van der Waals surface area contributed by atoms with Gasteiger partial charge in [0.1, 0.15) is 12.4 Å². The third-order valence-corrected chi connectivity index (χ3v) is 8.69. The van der Waals surface area contributed by atoms with Crippen molar-refractivity contribution in [2.75, 3.05) is 56.2 Å². The molecule has 2 saturated heterocycles. The van der Waals surface area contributed by atoms with Crippen LogP contribution in [0.5, 0.6) is 6.01 Å². The number of hydrogen-bond acceptors (Lipinski definition) is 9. The molecule has 0 aliphatic carbocycles. The van der Waals surface area contributed by atoms with Crippen molar-refractivity contribution in [2.24, 2.45) is 0 Å². The summed E-state index contributed by atoms with van der Waals surface area (Å²) in [5.41, 5.74) is 5.40. The van der Waals surface area contributed by atoms with E-state index in [1.165, 1.54) is 18.1 Å². The normalized spacial score (nSPS) is 21.1. The highest BCUT2D eigenvalue weighted by molar-refractivity contribution is 5.92. The largest absolute Gasteiger partial charge is 0.462 e. The van der Waals surface area contributed by atoms with Gasteiger partial charge in [-0.3, -0.25) is 9.89 Å². The molecule has 3 aliphatic heterocycles. The number of hydrogen-bond donors (Lipinski definition) is 1. The Morgan fingerprint density at radius 1 is 1.22 bits per heavy atom. The first-order valence-corrected chi connectivity index (χ1v) is 14.4. The fourth-order valence-corrected chi connectivity index (χ4v) is 6.45. The van der Waals surface area contributed by atoms with Gasteiger partial charge in [0.2, 0.25) is 5.91 Å². The summed E-state index contributed by atoms with van der Waals surface area (Å²) in [6, 6.07) is 7.09.